The predicted octanol–water partition coefficient (Wildman–Crippen LogP) is 6.84. The molecule has 0 atom stereocenters. The van der Waals surface area contributed by atoms with Gasteiger partial charge in [-0.25, -0.2) is 0 Å². The van der Waals surface area contributed by atoms with E-state index in [0.717, 1.165) is 17.7 Å². The summed E-state index contributed by atoms with van der Waals surface area (Å²) >= 11 is 0. The number of alkyl halides is 3. The molecule has 0 aliphatic heterocycles. The van der Waals surface area contributed by atoms with Gasteiger partial charge in [0.15, 0.2) is 11.5 Å². The van der Waals surface area contributed by atoms with Gasteiger partial charge >= 0.3 is 6.18 Å². The molecule has 0 radical (unpaired) electrons. The van der Waals surface area contributed by atoms with E-state index in [2.05, 4.69) is 5.16 Å². The zero-order valence-electron chi connectivity index (χ0n) is 17.3. The van der Waals surface area contributed by atoms with Crippen molar-refractivity contribution in [2.45, 2.75) is 12.8 Å². The minimum Gasteiger partial charge on any atom is -0.486 e. The summed E-state index contributed by atoms with van der Waals surface area (Å²) in [4.78, 5) is 12.3. The normalized spacial score (nSPS) is 11.6. The zero-order valence-corrected chi connectivity index (χ0v) is 17.3. The van der Waals surface area contributed by atoms with E-state index in [1.807, 2.05) is 30.3 Å². The number of ketones is 1. The molecule has 0 saturated heterocycles. The van der Waals surface area contributed by atoms with Crippen molar-refractivity contribution in [3.05, 3.63) is 113 Å². The first-order valence-corrected chi connectivity index (χ1v) is 10.0. The molecule has 0 N–H and O–H groups in total. The van der Waals surface area contributed by atoms with Crippen LogP contribution in [-0.4, -0.2) is 10.9 Å². The molecule has 4 rings (SSSR count). The van der Waals surface area contributed by atoms with Gasteiger partial charge in [-0.2, -0.15) is 13.2 Å². The van der Waals surface area contributed by atoms with Crippen molar-refractivity contribution in [2.75, 3.05) is 0 Å². The molecule has 0 spiro atoms. The van der Waals surface area contributed by atoms with E-state index in [1.165, 1.54) is 24.3 Å². The lowest BCUT2D eigenvalue weighted by Gasteiger charge is -2.06. The molecule has 0 fully saturated rings. The van der Waals surface area contributed by atoms with E-state index < -0.39 is 11.7 Å². The smallest absolute Gasteiger partial charge is 0.416 e. The van der Waals surface area contributed by atoms with Crippen molar-refractivity contribution < 1.29 is 27.2 Å². The third kappa shape index (κ3) is 5.77. The Kier molecular flexibility index (Phi) is 6.40. The third-order valence-electron chi connectivity index (χ3n) is 4.79. The van der Waals surface area contributed by atoms with E-state index in [-0.39, 0.29) is 18.1 Å². The molecule has 1 heterocycles. The Hall–Kier alpha value is -4.13. The summed E-state index contributed by atoms with van der Waals surface area (Å²) < 4.78 is 49.5. The maximum atomic E-state index is 12.9. The van der Waals surface area contributed by atoms with Crippen molar-refractivity contribution in [3.8, 4) is 17.0 Å². The van der Waals surface area contributed by atoms with Crippen molar-refractivity contribution >= 4 is 11.9 Å². The minimum absolute atomic E-state index is 0.0349. The lowest BCUT2D eigenvalue weighted by atomic mass is 10.1. The van der Waals surface area contributed by atoms with Crippen LogP contribution in [0.15, 0.2) is 95.5 Å². The fourth-order valence-electron chi connectivity index (χ4n) is 3.07. The first-order valence-electron chi connectivity index (χ1n) is 10.0. The molecule has 0 bridgehead atoms. The van der Waals surface area contributed by atoms with Gasteiger partial charge in [-0.15, -0.1) is 0 Å². The summed E-state index contributed by atoms with van der Waals surface area (Å²) in [5, 5.41) is 3.83. The quantitative estimate of drug-likeness (QED) is 0.229. The number of ether oxygens (including phenoxy) is 1. The lowest BCUT2D eigenvalue weighted by Crippen LogP contribution is -2.04. The average molecular weight is 449 g/mol. The molecule has 0 unspecified atom stereocenters. The second-order valence-electron chi connectivity index (χ2n) is 7.18. The van der Waals surface area contributed by atoms with Gasteiger partial charge in [-0.05, 0) is 48.0 Å². The molecule has 0 saturated carbocycles. The predicted molar refractivity (Wildman–Crippen MR) is 118 cm³/mol. The Labute approximate surface area is 187 Å². The van der Waals surface area contributed by atoms with Crippen LogP contribution in [0.4, 0.5) is 13.2 Å². The fourth-order valence-corrected chi connectivity index (χ4v) is 3.07. The van der Waals surface area contributed by atoms with Crippen LogP contribution in [0, 0.1) is 0 Å². The van der Waals surface area contributed by atoms with Crippen LogP contribution in [0.25, 0.3) is 17.3 Å². The van der Waals surface area contributed by atoms with E-state index in [9.17, 15) is 18.0 Å². The van der Waals surface area contributed by atoms with Crippen LogP contribution in [0.3, 0.4) is 0 Å². The second kappa shape index (κ2) is 9.56. The van der Waals surface area contributed by atoms with Gasteiger partial charge in [0.1, 0.15) is 18.1 Å². The van der Waals surface area contributed by atoms with Gasteiger partial charge in [0.05, 0.1) is 5.56 Å². The monoisotopic (exact) mass is 449 g/mol. The molecular formula is C26H18F3NO3. The Balaban J connectivity index is 1.36. The minimum atomic E-state index is -4.43. The zero-order chi connectivity index (χ0) is 23.3. The highest BCUT2D eigenvalue weighted by Gasteiger charge is 2.30. The maximum Gasteiger partial charge on any atom is 0.416 e. The molecule has 0 aliphatic carbocycles. The topological polar surface area (TPSA) is 52.3 Å². The standard InChI is InChI=1S/C26H18F3NO3/c27-26(28,29)21-8-4-7-20(15-21)24-16-23(33-30-24)17-32-22-12-10-19(11-13-22)25(31)14-9-18-5-2-1-3-6-18/h1-16H,17H2. The Morgan fingerprint density at radius 2 is 1.70 bits per heavy atom. The molecule has 33 heavy (non-hydrogen) atoms. The van der Waals surface area contributed by atoms with Crippen molar-refractivity contribution in [3.63, 3.8) is 0 Å². The summed E-state index contributed by atoms with van der Waals surface area (Å²) in [6.07, 6.45) is -1.18. The highest BCUT2D eigenvalue weighted by molar-refractivity contribution is 6.06. The van der Waals surface area contributed by atoms with E-state index in [1.54, 1.807) is 30.3 Å². The summed E-state index contributed by atoms with van der Waals surface area (Å²) in [6.45, 7) is 0.0349. The summed E-state index contributed by atoms with van der Waals surface area (Å²) in [5.74, 6) is 0.732. The number of hydrogen-bond acceptors (Lipinski definition) is 4. The van der Waals surface area contributed by atoms with Crippen LogP contribution >= 0.6 is 0 Å². The van der Waals surface area contributed by atoms with E-state index >= 15 is 0 Å². The molecule has 0 amide bonds. The molecule has 4 nitrogen and oxygen atoms in total. The number of benzene rings is 3. The molecular weight excluding hydrogens is 431 g/mol. The molecule has 1 aromatic heterocycles. The first kappa shape index (κ1) is 22.1. The van der Waals surface area contributed by atoms with E-state index in [0.29, 0.717) is 22.6 Å². The molecule has 166 valence electrons. The van der Waals surface area contributed by atoms with Crippen molar-refractivity contribution in [2.24, 2.45) is 0 Å². The number of nitrogens with zero attached hydrogens (tertiary/aromatic N) is 1. The van der Waals surface area contributed by atoms with Crippen molar-refractivity contribution in [1.82, 2.24) is 5.16 Å². The summed E-state index contributed by atoms with van der Waals surface area (Å²) in [5.41, 5.74) is 1.27. The summed E-state index contributed by atoms with van der Waals surface area (Å²) in [7, 11) is 0. The lowest BCUT2D eigenvalue weighted by molar-refractivity contribution is -0.137. The van der Waals surface area contributed by atoms with Crippen LogP contribution < -0.4 is 4.74 Å². The Morgan fingerprint density at radius 1 is 0.939 bits per heavy atom. The number of aromatic nitrogens is 1. The largest absolute Gasteiger partial charge is 0.486 e. The number of carbonyl (C=O) groups is 1. The van der Waals surface area contributed by atoms with Crippen LogP contribution in [-0.2, 0) is 12.8 Å². The number of hydrogen-bond donors (Lipinski definition) is 0. The van der Waals surface area contributed by atoms with Gasteiger partial charge in [-0.3, -0.25) is 4.79 Å². The maximum absolute atomic E-state index is 12.9. The first-order chi connectivity index (χ1) is 15.9. The number of carbonyl (C=O) groups excluding carboxylic acids is 1. The van der Waals surface area contributed by atoms with Gasteiger partial charge in [0.2, 0.25) is 0 Å². The van der Waals surface area contributed by atoms with E-state index in [4.69, 9.17) is 9.26 Å². The number of halogens is 3. The molecule has 7 heteroatoms. The SMILES string of the molecule is O=C(C=Cc1ccccc1)c1ccc(OCc2cc(-c3cccc(C(F)(F)F)c3)no2)cc1. The number of rotatable bonds is 7. The molecule has 4 aromatic rings. The van der Waals surface area contributed by atoms with Gasteiger partial charge in [0.25, 0.3) is 0 Å². The molecule has 3 aromatic carbocycles. The van der Waals surface area contributed by atoms with Gasteiger partial charge in [0, 0.05) is 17.2 Å². The second-order valence-corrected chi connectivity index (χ2v) is 7.18. The van der Waals surface area contributed by atoms with Crippen LogP contribution in [0.1, 0.15) is 27.2 Å². The average Bonchev–Trinajstić information content (AvgIpc) is 3.31. The van der Waals surface area contributed by atoms with Gasteiger partial charge in [-0.1, -0.05) is 53.7 Å². The Morgan fingerprint density at radius 3 is 2.42 bits per heavy atom. The molecule has 0 aliphatic rings. The Bertz CT molecular complexity index is 1260. The fraction of sp³-hybridized carbons (Fsp3) is 0.0769. The van der Waals surface area contributed by atoms with Gasteiger partial charge < -0.3 is 9.26 Å². The summed E-state index contributed by atoms with van der Waals surface area (Å²) in [6, 6.07) is 22.5. The highest BCUT2D eigenvalue weighted by atomic mass is 19.4. The highest BCUT2D eigenvalue weighted by Crippen LogP contribution is 2.32. The van der Waals surface area contributed by atoms with Crippen LogP contribution in [0.2, 0.25) is 0 Å². The van der Waals surface area contributed by atoms with Crippen LogP contribution in [0.5, 0.6) is 5.75 Å². The van der Waals surface area contributed by atoms with Crippen molar-refractivity contribution in [1.29, 1.82) is 0 Å². The third-order valence-corrected chi connectivity index (χ3v) is 4.79. The number of allylic oxidation sites excluding steroid dienone is 1.